The normalized spacial score (nSPS) is 21.4. The second-order valence-corrected chi connectivity index (χ2v) is 9.29. The van der Waals surface area contributed by atoms with Crippen LogP contribution in [0.2, 0.25) is 0 Å². The number of nitrogens with zero attached hydrogens (tertiary/aromatic N) is 3. The predicted molar refractivity (Wildman–Crippen MR) is 121 cm³/mol. The Balaban J connectivity index is 1.54. The molecule has 0 aliphatic carbocycles. The van der Waals surface area contributed by atoms with Gasteiger partial charge in [0.1, 0.15) is 11.6 Å². The fourth-order valence-electron chi connectivity index (χ4n) is 3.10. The molecular weight excluding hydrogens is 436 g/mol. The summed E-state index contributed by atoms with van der Waals surface area (Å²) in [5.74, 6) is 1.12. The maximum Gasteiger partial charge on any atom is 0.284 e. The van der Waals surface area contributed by atoms with Crippen molar-refractivity contribution in [2.75, 3.05) is 5.75 Å². The summed E-state index contributed by atoms with van der Waals surface area (Å²) in [5, 5.41) is 10.5. The molecule has 2 aliphatic heterocycles. The van der Waals surface area contributed by atoms with Gasteiger partial charge in [0.25, 0.3) is 5.24 Å². The zero-order valence-electron chi connectivity index (χ0n) is 17.0. The average Bonchev–Trinajstić information content (AvgIpc) is 3.47. The van der Waals surface area contributed by atoms with Crippen molar-refractivity contribution >= 4 is 51.5 Å². The van der Waals surface area contributed by atoms with E-state index in [1.165, 1.54) is 22.9 Å². The van der Waals surface area contributed by atoms with Gasteiger partial charge in [-0.1, -0.05) is 35.7 Å². The van der Waals surface area contributed by atoms with E-state index in [0.717, 1.165) is 22.9 Å². The molecule has 1 aromatic carbocycles. The van der Waals surface area contributed by atoms with E-state index in [1.807, 2.05) is 26.0 Å². The van der Waals surface area contributed by atoms with Crippen molar-refractivity contribution < 1.29 is 18.8 Å². The number of rotatable bonds is 6. The van der Waals surface area contributed by atoms with Crippen molar-refractivity contribution in [2.45, 2.75) is 32.1 Å². The van der Waals surface area contributed by atoms with Crippen LogP contribution in [0.1, 0.15) is 33.7 Å². The summed E-state index contributed by atoms with van der Waals surface area (Å²) in [7, 11) is 0. The molecule has 0 saturated carbocycles. The molecule has 1 aromatic heterocycles. The summed E-state index contributed by atoms with van der Waals surface area (Å²) in [6.07, 6.45) is 1.59. The second kappa shape index (κ2) is 9.11. The van der Waals surface area contributed by atoms with Crippen LogP contribution < -0.4 is 5.32 Å². The predicted octanol–water partition coefficient (Wildman–Crippen LogP) is 3.74. The van der Waals surface area contributed by atoms with Crippen LogP contribution >= 0.6 is 23.5 Å². The van der Waals surface area contributed by atoms with Gasteiger partial charge in [-0.2, -0.15) is 0 Å². The minimum atomic E-state index is -0.601. The van der Waals surface area contributed by atoms with Crippen LogP contribution in [0.15, 0.2) is 51.2 Å². The molecule has 0 radical (unpaired) electrons. The van der Waals surface area contributed by atoms with Gasteiger partial charge in [0.05, 0.1) is 23.8 Å². The van der Waals surface area contributed by atoms with Crippen LogP contribution in [0.3, 0.4) is 0 Å². The molecule has 1 unspecified atom stereocenters. The van der Waals surface area contributed by atoms with Crippen LogP contribution in [0, 0.1) is 13.8 Å². The molecule has 1 N–H and O–H groups in total. The number of amides is 2. The molecule has 0 spiro atoms. The van der Waals surface area contributed by atoms with Gasteiger partial charge in [-0.15, -0.1) is 10.2 Å². The van der Waals surface area contributed by atoms with E-state index in [-0.39, 0.29) is 29.9 Å². The molecule has 8 nitrogen and oxygen atoms in total. The van der Waals surface area contributed by atoms with Crippen LogP contribution in [0.5, 0.6) is 0 Å². The minimum absolute atomic E-state index is 0.0584. The molecule has 2 aliphatic rings. The Morgan fingerprint density at radius 2 is 2.06 bits per heavy atom. The number of benzene rings is 1. The van der Waals surface area contributed by atoms with Gasteiger partial charge in [-0.05, 0) is 43.2 Å². The Morgan fingerprint density at radius 1 is 1.23 bits per heavy atom. The number of ketones is 1. The molecule has 0 bridgehead atoms. The fourth-order valence-corrected chi connectivity index (χ4v) is 4.78. The molecule has 160 valence electrons. The van der Waals surface area contributed by atoms with Gasteiger partial charge in [-0.25, -0.2) is 0 Å². The number of hydrogen-bond acceptors (Lipinski definition) is 8. The van der Waals surface area contributed by atoms with Gasteiger partial charge < -0.3 is 9.73 Å². The Kier molecular flexibility index (Phi) is 6.28. The summed E-state index contributed by atoms with van der Waals surface area (Å²) in [5.41, 5.74) is 2.73. The highest BCUT2D eigenvalue weighted by Crippen LogP contribution is 2.32. The molecule has 1 atom stereocenters. The van der Waals surface area contributed by atoms with E-state index in [1.54, 1.807) is 18.2 Å². The monoisotopic (exact) mass is 456 g/mol. The van der Waals surface area contributed by atoms with Crippen molar-refractivity contribution in [1.29, 1.82) is 0 Å². The van der Waals surface area contributed by atoms with Gasteiger partial charge in [0, 0.05) is 12.0 Å². The number of thioether (sulfide) groups is 2. The molecule has 2 saturated heterocycles. The maximum atomic E-state index is 13.1. The maximum absolute atomic E-state index is 13.1. The lowest BCUT2D eigenvalue weighted by Gasteiger charge is -2.14. The van der Waals surface area contributed by atoms with Gasteiger partial charge in [0.15, 0.2) is 11.0 Å². The molecular formula is C21H20N4O4S2. The molecule has 2 amide bonds. The third kappa shape index (κ3) is 4.91. The molecule has 4 rings (SSSR count). The van der Waals surface area contributed by atoms with Gasteiger partial charge in [-0.3, -0.25) is 19.3 Å². The third-order valence-corrected chi connectivity index (χ3v) is 6.90. The van der Waals surface area contributed by atoms with Crippen LogP contribution in [0.4, 0.5) is 4.79 Å². The standard InChI is InChI=1S/C21H20N4O4S2/c1-12-5-6-14(8-13(12)2)16(26)9-17-19(27)25(10-15-4-3-7-29-15)20(31-17)24-23-18-11-30-21(28)22-18/h3-8,17H,9-11H2,1-2H3,(H,22,23,28)/b24-20-. The van der Waals surface area contributed by atoms with E-state index in [9.17, 15) is 14.4 Å². The molecule has 2 aromatic rings. The topological polar surface area (TPSA) is 104 Å². The van der Waals surface area contributed by atoms with Crippen molar-refractivity contribution in [1.82, 2.24) is 10.2 Å². The van der Waals surface area contributed by atoms with Crippen LogP contribution in [-0.4, -0.2) is 43.8 Å². The van der Waals surface area contributed by atoms with E-state index in [4.69, 9.17) is 4.42 Å². The zero-order valence-corrected chi connectivity index (χ0v) is 18.6. The Morgan fingerprint density at radius 3 is 2.74 bits per heavy atom. The van der Waals surface area contributed by atoms with Crippen molar-refractivity contribution in [3.05, 3.63) is 59.0 Å². The smallest absolute Gasteiger partial charge is 0.284 e. The molecule has 10 heteroatoms. The molecule has 3 heterocycles. The molecule has 2 fully saturated rings. The number of furan rings is 1. The van der Waals surface area contributed by atoms with Crippen molar-refractivity contribution in [2.24, 2.45) is 10.2 Å². The largest absolute Gasteiger partial charge is 0.467 e. The lowest BCUT2D eigenvalue weighted by Crippen LogP contribution is -2.32. The van der Waals surface area contributed by atoms with E-state index in [0.29, 0.717) is 28.1 Å². The number of amidine groups is 2. The summed E-state index contributed by atoms with van der Waals surface area (Å²) in [6, 6.07) is 9.06. The molecule has 31 heavy (non-hydrogen) atoms. The minimum Gasteiger partial charge on any atom is -0.467 e. The lowest BCUT2D eigenvalue weighted by molar-refractivity contribution is -0.126. The van der Waals surface area contributed by atoms with Crippen molar-refractivity contribution in [3.63, 3.8) is 0 Å². The second-order valence-electron chi connectivity index (χ2n) is 7.17. The number of aryl methyl sites for hydroxylation is 2. The fraction of sp³-hybridized carbons (Fsp3) is 0.286. The lowest BCUT2D eigenvalue weighted by atomic mass is 10.0. The summed E-state index contributed by atoms with van der Waals surface area (Å²) < 4.78 is 5.37. The Labute approximate surface area is 187 Å². The first-order chi connectivity index (χ1) is 14.9. The summed E-state index contributed by atoms with van der Waals surface area (Å²) in [4.78, 5) is 38.7. The quantitative estimate of drug-likeness (QED) is 0.525. The first-order valence-corrected chi connectivity index (χ1v) is 11.5. The highest BCUT2D eigenvalue weighted by Gasteiger charge is 2.40. The number of hydrogen-bond donors (Lipinski definition) is 1. The number of carbonyl (C=O) groups is 3. The van der Waals surface area contributed by atoms with E-state index in [2.05, 4.69) is 15.5 Å². The van der Waals surface area contributed by atoms with Crippen molar-refractivity contribution in [3.8, 4) is 0 Å². The number of carbonyl (C=O) groups excluding carboxylic acids is 3. The summed E-state index contributed by atoms with van der Waals surface area (Å²) in [6.45, 7) is 4.14. The zero-order chi connectivity index (χ0) is 22.0. The first kappa shape index (κ1) is 21.4. The average molecular weight is 457 g/mol. The SMILES string of the molecule is Cc1ccc(C(=O)CC2S/C(=N\N=C3\CSC(=O)N3)N(Cc3ccco3)C2=O)cc1C. The highest BCUT2D eigenvalue weighted by molar-refractivity contribution is 8.15. The highest BCUT2D eigenvalue weighted by atomic mass is 32.2. The van der Waals surface area contributed by atoms with Gasteiger partial charge >= 0.3 is 0 Å². The van der Waals surface area contributed by atoms with Gasteiger partial charge in [0.2, 0.25) is 5.91 Å². The number of nitrogens with one attached hydrogen (secondary N) is 1. The van der Waals surface area contributed by atoms with Crippen LogP contribution in [-0.2, 0) is 11.3 Å². The Bertz CT molecular complexity index is 1090. The van der Waals surface area contributed by atoms with E-state index < -0.39 is 5.25 Å². The Hall–Kier alpha value is -2.85. The van der Waals surface area contributed by atoms with E-state index >= 15 is 0 Å². The third-order valence-electron chi connectivity index (χ3n) is 4.96. The number of Topliss-reactive ketones (excluding diaryl/α,β-unsaturated/α-hetero) is 1. The van der Waals surface area contributed by atoms with Crippen LogP contribution in [0.25, 0.3) is 0 Å². The first-order valence-electron chi connectivity index (χ1n) is 9.60. The summed E-state index contributed by atoms with van der Waals surface area (Å²) >= 11 is 2.31.